The number of fused-ring (bicyclic) bond motifs is 3. The third-order valence-electron chi connectivity index (χ3n) is 4.84. The molecule has 4 aromatic rings. The van der Waals surface area contributed by atoms with Crippen LogP contribution in [-0.2, 0) is 0 Å². The van der Waals surface area contributed by atoms with Gasteiger partial charge in [0.05, 0.1) is 22.9 Å². The van der Waals surface area contributed by atoms with Crippen molar-refractivity contribution in [2.75, 3.05) is 26.0 Å². The smallest absolute Gasteiger partial charge is 0.253 e. The van der Waals surface area contributed by atoms with Crippen LogP contribution >= 0.6 is 0 Å². The van der Waals surface area contributed by atoms with Crippen LogP contribution in [0.2, 0.25) is 0 Å². The molecule has 0 bridgehead atoms. The summed E-state index contributed by atoms with van der Waals surface area (Å²) >= 11 is 0. The van der Waals surface area contributed by atoms with Crippen LogP contribution in [0.4, 0.5) is 5.82 Å². The second kappa shape index (κ2) is 7.54. The summed E-state index contributed by atoms with van der Waals surface area (Å²) in [4.78, 5) is 23.2. The number of carbonyl (C=O) groups is 1. The minimum atomic E-state index is -0.00971. The highest BCUT2D eigenvalue weighted by Crippen LogP contribution is 2.28. The van der Waals surface area contributed by atoms with Crippen molar-refractivity contribution >= 4 is 28.4 Å². The van der Waals surface area contributed by atoms with Crippen LogP contribution in [0.25, 0.3) is 27.9 Å². The van der Waals surface area contributed by atoms with Gasteiger partial charge in [0.1, 0.15) is 0 Å². The number of nitrogens with zero attached hydrogens (tertiary/aromatic N) is 4. The Morgan fingerprint density at radius 3 is 2.52 bits per heavy atom. The van der Waals surface area contributed by atoms with Crippen molar-refractivity contribution < 1.29 is 4.79 Å². The zero-order chi connectivity index (χ0) is 20.5. The van der Waals surface area contributed by atoms with E-state index in [0.29, 0.717) is 11.5 Å². The van der Waals surface area contributed by atoms with Gasteiger partial charge < -0.3 is 10.2 Å². The predicted octanol–water partition coefficient (Wildman–Crippen LogP) is 4.32. The first-order chi connectivity index (χ1) is 14.0. The van der Waals surface area contributed by atoms with E-state index in [2.05, 4.69) is 34.6 Å². The minimum Gasteiger partial charge on any atom is -0.367 e. The van der Waals surface area contributed by atoms with Gasteiger partial charge in [-0.3, -0.25) is 9.20 Å². The maximum absolute atomic E-state index is 12.2. The van der Waals surface area contributed by atoms with Gasteiger partial charge in [-0.05, 0) is 30.2 Å². The summed E-state index contributed by atoms with van der Waals surface area (Å²) in [6, 6.07) is 15.7. The Hall–Kier alpha value is -3.41. The van der Waals surface area contributed by atoms with Crippen LogP contribution in [0.5, 0.6) is 0 Å². The van der Waals surface area contributed by atoms with Crippen molar-refractivity contribution in [3.8, 4) is 11.3 Å². The third kappa shape index (κ3) is 3.53. The molecule has 0 spiro atoms. The molecule has 0 aliphatic heterocycles. The average molecular weight is 387 g/mol. The molecular formula is C23H25N5O. The largest absolute Gasteiger partial charge is 0.367 e. The Bertz CT molecular complexity index is 1180. The summed E-state index contributed by atoms with van der Waals surface area (Å²) < 4.78 is 2.13. The first kappa shape index (κ1) is 18.9. The zero-order valence-corrected chi connectivity index (χ0v) is 17.2. The van der Waals surface area contributed by atoms with Gasteiger partial charge in [0.15, 0.2) is 11.5 Å². The third-order valence-corrected chi connectivity index (χ3v) is 4.84. The molecule has 148 valence electrons. The summed E-state index contributed by atoms with van der Waals surface area (Å²) in [6.07, 6.45) is 1.87. The fourth-order valence-corrected chi connectivity index (χ4v) is 3.35. The summed E-state index contributed by atoms with van der Waals surface area (Å²) in [5.74, 6) is 1.27. The summed E-state index contributed by atoms with van der Waals surface area (Å²) in [7, 11) is 3.51. The Morgan fingerprint density at radius 1 is 1.10 bits per heavy atom. The van der Waals surface area contributed by atoms with Crippen LogP contribution in [0, 0.1) is 5.92 Å². The van der Waals surface area contributed by atoms with Gasteiger partial charge in [-0.1, -0.05) is 38.1 Å². The van der Waals surface area contributed by atoms with Crippen LogP contribution in [0.1, 0.15) is 24.2 Å². The van der Waals surface area contributed by atoms with Crippen molar-refractivity contribution in [1.29, 1.82) is 0 Å². The number of anilines is 1. The highest BCUT2D eigenvalue weighted by Gasteiger charge is 2.15. The van der Waals surface area contributed by atoms with Crippen LogP contribution in [0.15, 0.2) is 54.7 Å². The molecule has 0 aliphatic rings. The number of hydrogen-bond acceptors (Lipinski definition) is 4. The molecule has 29 heavy (non-hydrogen) atoms. The van der Waals surface area contributed by atoms with Gasteiger partial charge in [0.2, 0.25) is 0 Å². The van der Waals surface area contributed by atoms with Gasteiger partial charge in [0.25, 0.3) is 5.91 Å². The monoisotopic (exact) mass is 387 g/mol. The number of para-hydroxylation sites is 2. The molecular weight excluding hydrogens is 362 g/mol. The Kier molecular flexibility index (Phi) is 4.92. The zero-order valence-electron chi connectivity index (χ0n) is 17.2. The molecule has 0 fully saturated rings. The number of hydrogen-bond donors (Lipinski definition) is 1. The molecule has 2 aromatic heterocycles. The molecule has 2 aromatic carbocycles. The molecule has 6 nitrogen and oxygen atoms in total. The molecule has 4 rings (SSSR count). The van der Waals surface area contributed by atoms with E-state index in [0.717, 1.165) is 40.3 Å². The standard InChI is InChI=1S/C23H25N5O/c1-15(2)13-24-21-22-25-14-20(28(22)19-8-6-5-7-18(19)26-21)16-9-11-17(12-10-16)23(29)27(3)4/h5-12,14-15H,13H2,1-4H3,(H,24,26). The Labute approximate surface area is 170 Å². The van der Waals surface area contributed by atoms with E-state index in [4.69, 9.17) is 4.98 Å². The molecule has 0 unspecified atom stereocenters. The van der Waals surface area contributed by atoms with Gasteiger partial charge in [-0.25, -0.2) is 9.97 Å². The van der Waals surface area contributed by atoms with E-state index in [9.17, 15) is 4.79 Å². The predicted molar refractivity (Wildman–Crippen MR) is 117 cm³/mol. The van der Waals surface area contributed by atoms with Crippen LogP contribution in [0.3, 0.4) is 0 Å². The highest BCUT2D eigenvalue weighted by molar-refractivity contribution is 5.94. The lowest BCUT2D eigenvalue weighted by atomic mass is 10.1. The number of imidazole rings is 1. The lowest BCUT2D eigenvalue weighted by molar-refractivity contribution is 0.0827. The second-order valence-corrected chi connectivity index (χ2v) is 7.80. The molecule has 0 aliphatic carbocycles. The normalized spacial score (nSPS) is 11.3. The van der Waals surface area contributed by atoms with Crippen molar-refractivity contribution in [3.05, 3.63) is 60.3 Å². The van der Waals surface area contributed by atoms with Gasteiger partial charge in [-0.2, -0.15) is 0 Å². The van der Waals surface area contributed by atoms with E-state index in [1.165, 1.54) is 0 Å². The number of nitrogens with one attached hydrogen (secondary N) is 1. The van der Waals surface area contributed by atoms with Gasteiger partial charge in [-0.15, -0.1) is 0 Å². The van der Waals surface area contributed by atoms with Gasteiger partial charge in [0, 0.05) is 31.8 Å². The Morgan fingerprint density at radius 2 is 1.83 bits per heavy atom. The molecule has 0 saturated heterocycles. The Balaban J connectivity index is 1.86. The summed E-state index contributed by atoms with van der Waals surface area (Å²) in [5, 5.41) is 3.44. The molecule has 6 heteroatoms. The summed E-state index contributed by atoms with van der Waals surface area (Å²) in [5.41, 5.74) is 5.34. The fourth-order valence-electron chi connectivity index (χ4n) is 3.35. The first-order valence-electron chi connectivity index (χ1n) is 9.78. The molecule has 2 heterocycles. The topological polar surface area (TPSA) is 62.5 Å². The SMILES string of the molecule is CC(C)CNc1nc2ccccc2n2c(-c3ccc(C(=O)N(C)C)cc3)cnc12. The fraction of sp³-hybridized carbons (Fsp3) is 0.261. The molecule has 1 amide bonds. The average Bonchev–Trinajstić information content (AvgIpc) is 3.17. The maximum Gasteiger partial charge on any atom is 0.253 e. The van der Waals surface area contributed by atoms with E-state index >= 15 is 0 Å². The van der Waals surface area contributed by atoms with Crippen LogP contribution in [-0.4, -0.2) is 45.8 Å². The van der Waals surface area contributed by atoms with Crippen molar-refractivity contribution in [1.82, 2.24) is 19.3 Å². The number of benzene rings is 2. The van der Waals surface area contributed by atoms with E-state index in [1.54, 1.807) is 19.0 Å². The lowest BCUT2D eigenvalue weighted by Gasteiger charge is -2.13. The first-order valence-corrected chi connectivity index (χ1v) is 9.78. The maximum atomic E-state index is 12.2. The van der Waals surface area contributed by atoms with E-state index in [1.807, 2.05) is 48.7 Å². The van der Waals surface area contributed by atoms with Crippen molar-refractivity contribution in [2.24, 2.45) is 5.92 Å². The molecule has 0 atom stereocenters. The van der Waals surface area contributed by atoms with E-state index < -0.39 is 0 Å². The highest BCUT2D eigenvalue weighted by atomic mass is 16.2. The second-order valence-electron chi connectivity index (χ2n) is 7.80. The van der Waals surface area contributed by atoms with Crippen molar-refractivity contribution in [2.45, 2.75) is 13.8 Å². The number of aromatic nitrogens is 3. The minimum absolute atomic E-state index is 0.00971. The van der Waals surface area contributed by atoms with Crippen LogP contribution < -0.4 is 5.32 Å². The number of amides is 1. The molecule has 1 N–H and O–H groups in total. The van der Waals surface area contributed by atoms with E-state index in [-0.39, 0.29) is 5.91 Å². The quantitative estimate of drug-likeness (QED) is 0.554. The number of carbonyl (C=O) groups excluding carboxylic acids is 1. The molecule has 0 radical (unpaired) electrons. The summed E-state index contributed by atoms with van der Waals surface area (Å²) in [6.45, 7) is 5.15. The molecule has 0 saturated carbocycles. The van der Waals surface area contributed by atoms with Gasteiger partial charge >= 0.3 is 0 Å². The van der Waals surface area contributed by atoms with Crippen molar-refractivity contribution in [3.63, 3.8) is 0 Å². The number of rotatable bonds is 5. The lowest BCUT2D eigenvalue weighted by Crippen LogP contribution is -2.21.